The van der Waals surface area contributed by atoms with E-state index in [-0.39, 0.29) is 18.5 Å². The van der Waals surface area contributed by atoms with E-state index in [2.05, 4.69) is 0 Å². The van der Waals surface area contributed by atoms with Crippen LogP contribution in [0.25, 0.3) is 0 Å². The number of carbonyl (C=O) groups is 1. The van der Waals surface area contributed by atoms with Crippen molar-refractivity contribution in [1.29, 1.82) is 0 Å². The Bertz CT molecular complexity index is 136. The molecule has 1 amide bonds. The summed E-state index contributed by atoms with van der Waals surface area (Å²) in [7, 11) is 1.63. The first-order valence-electron chi connectivity index (χ1n) is 3.64. The van der Waals surface area contributed by atoms with Gasteiger partial charge < -0.3 is 15.7 Å². The van der Waals surface area contributed by atoms with Crippen LogP contribution < -0.4 is 5.73 Å². The number of aliphatic hydroxyl groups excluding tert-OH is 1. The normalized spacial score (nSPS) is 15.7. The van der Waals surface area contributed by atoms with Crippen molar-refractivity contribution in [3.8, 4) is 0 Å². The zero-order valence-electron chi connectivity index (χ0n) is 7.24. The molecule has 11 heavy (non-hydrogen) atoms. The molecule has 4 heteroatoms. The van der Waals surface area contributed by atoms with Crippen LogP contribution in [0.5, 0.6) is 0 Å². The fourth-order valence-electron chi connectivity index (χ4n) is 0.695. The van der Waals surface area contributed by atoms with Crippen LogP contribution >= 0.6 is 0 Å². The fraction of sp³-hybridized carbons (Fsp3) is 0.857. The predicted molar refractivity (Wildman–Crippen MR) is 43.0 cm³/mol. The maximum atomic E-state index is 10.9. The number of amides is 1. The summed E-state index contributed by atoms with van der Waals surface area (Å²) in [6, 6.07) is -0.175. The first kappa shape index (κ1) is 10.4. The van der Waals surface area contributed by atoms with Crippen LogP contribution in [0.4, 0.5) is 0 Å². The van der Waals surface area contributed by atoms with Gasteiger partial charge in [-0.05, 0) is 13.8 Å². The number of hydrogen-bond acceptors (Lipinski definition) is 3. The highest BCUT2D eigenvalue weighted by Crippen LogP contribution is 2.00. The lowest BCUT2D eigenvalue weighted by Gasteiger charge is -2.26. The number of carbonyl (C=O) groups excluding carboxylic acids is 1. The number of nitrogens with zero attached hydrogens (tertiary/aromatic N) is 1. The average Bonchev–Trinajstić information content (AvgIpc) is 2.00. The van der Waals surface area contributed by atoms with Gasteiger partial charge in [-0.25, -0.2) is 0 Å². The molecule has 0 spiro atoms. The molecule has 2 atom stereocenters. The number of likely N-dealkylation sites (N-methyl/N-ethyl adjacent to an activating group) is 1. The van der Waals surface area contributed by atoms with E-state index in [4.69, 9.17) is 10.8 Å². The second kappa shape index (κ2) is 4.31. The lowest BCUT2D eigenvalue weighted by atomic mass is 10.2. The highest BCUT2D eigenvalue weighted by molar-refractivity contribution is 5.78. The van der Waals surface area contributed by atoms with Crippen molar-refractivity contribution in [2.24, 2.45) is 5.73 Å². The molecule has 0 rings (SSSR count). The van der Waals surface area contributed by atoms with E-state index in [0.29, 0.717) is 0 Å². The number of rotatable bonds is 3. The highest BCUT2D eigenvalue weighted by atomic mass is 16.3. The Labute approximate surface area is 67.0 Å². The van der Waals surface area contributed by atoms with Crippen LogP contribution in [0.3, 0.4) is 0 Å². The van der Waals surface area contributed by atoms with E-state index in [0.717, 1.165) is 0 Å². The zero-order valence-corrected chi connectivity index (χ0v) is 7.24. The van der Waals surface area contributed by atoms with Crippen LogP contribution in [0, 0.1) is 0 Å². The Balaban J connectivity index is 4.01. The third-order valence-corrected chi connectivity index (χ3v) is 1.88. The maximum Gasteiger partial charge on any atom is 0.236 e. The second-order valence-corrected chi connectivity index (χ2v) is 2.69. The van der Waals surface area contributed by atoms with E-state index in [9.17, 15) is 4.79 Å². The molecule has 0 aliphatic carbocycles. The maximum absolute atomic E-state index is 10.9. The molecule has 0 saturated heterocycles. The van der Waals surface area contributed by atoms with E-state index in [1.165, 1.54) is 4.90 Å². The molecule has 0 aliphatic rings. The summed E-state index contributed by atoms with van der Waals surface area (Å²) in [6.45, 7) is 3.41. The Morgan fingerprint density at radius 2 is 2.09 bits per heavy atom. The second-order valence-electron chi connectivity index (χ2n) is 2.69. The van der Waals surface area contributed by atoms with Gasteiger partial charge in [0.1, 0.15) is 0 Å². The quantitative estimate of drug-likeness (QED) is 0.566. The summed E-state index contributed by atoms with van der Waals surface area (Å²) >= 11 is 0. The lowest BCUT2D eigenvalue weighted by Crippen LogP contribution is -2.44. The molecular weight excluding hydrogens is 144 g/mol. The first-order valence-corrected chi connectivity index (χ1v) is 3.64. The van der Waals surface area contributed by atoms with Crippen molar-refractivity contribution in [3.63, 3.8) is 0 Å². The first-order chi connectivity index (χ1) is 5.00. The Hall–Kier alpha value is -0.610. The van der Waals surface area contributed by atoms with Crippen LogP contribution in [-0.4, -0.2) is 41.7 Å². The summed E-state index contributed by atoms with van der Waals surface area (Å²) < 4.78 is 0. The number of hydrogen-bond donors (Lipinski definition) is 2. The minimum atomic E-state index is -0.518. The molecule has 3 N–H and O–H groups in total. The Morgan fingerprint density at radius 1 is 1.64 bits per heavy atom. The third-order valence-electron chi connectivity index (χ3n) is 1.88. The van der Waals surface area contributed by atoms with E-state index >= 15 is 0 Å². The van der Waals surface area contributed by atoms with E-state index in [1.807, 2.05) is 0 Å². The molecule has 0 heterocycles. The van der Waals surface area contributed by atoms with E-state index in [1.54, 1.807) is 20.9 Å². The van der Waals surface area contributed by atoms with Gasteiger partial charge in [-0.2, -0.15) is 0 Å². The van der Waals surface area contributed by atoms with Crippen molar-refractivity contribution in [2.45, 2.75) is 26.0 Å². The summed E-state index contributed by atoms with van der Waals surface area (Å²) in [5.74, 6) is -0.154. The average molecular weight is 160 g/mol. The van der Waals surface area contributed by atoms with Crippen LogP contribution in [-0.2, 0) is 4.79 Å². The monoisotopic (exact) mass is 160 g/mol. The summed E-state index contributed by atoms with van der Waals surface area (Å²) in [4.78, 5) is 12.4. The van der Waals surface area contributed by atoms with Crippen molar-refractivity contribution >= 4 is 5.91 Å². The van der Waals surface area contributed by atoms with Gasteiger partial charge in [0.25, 0.3) is 0 Å². The molecule has 0 radical (unpaired) electrons. The SMILES string of the molecule is CC([C@@H](C)O)N(C)C(=O)CN. The Kier molecular flexibility index (Phi) is 4.07. The number of aliphatic hydroxyl groups is 1. The van der Waals surface area contributed by atoms with Crippen molar-refractivity contribution in [1.82, 2.24) is 4.90 Å². The van der Waals surface area contributed by atoms with Crippen LogP contribution in [0.2, 0.25) is 0 Å². The molecule has 0 bridgehead atoms. The largest absolute Gasteiger partial charge is 0.391 e. The minimum Gasteiger partial charge on any atom is -0.391 e. The molecule has 0 fully saturated rings. The van der Waals surface area contributed by atoms with Gasteiger partial charge in [0, 0.05) is 7.05 Å². The molecule has 0 aromatic carbocycles. The van der Waals surface area contributed by atoms with Gasteiger partial charge >= 0.3 is 0 Å². The molecule has 0 aromatic heterocycles. The van der Waals surface area contributed by atoms with Gasteiger partial charge in [-0.3, -0.25) is 4.79 Å². The summed E-state index contributed by atoms with van der Waals surface area (Å²) in [6.07, 6.45) is -0.518. The Morgan fingerprint density at radius 3 is 2.36 bits per heavy atom. The molecule has 0 aliphatic heterocycles. The highest BCUT2D eigenvalue weighted by Gasteiger charge is 2.17. The van der Waals surface area contributed by atoms with Crippen molar-refractivity contribution in [3.05, 3.63) is 0 Å². The smallest absolute Gasteiger partial charge is 0.236 e. The van der Waals surface area contributed by atoms with E-state index < -0.39 is 6.10 Å². The lowest BCUT2D eigenvalue weighted by molar-refractivity contribution is -0.132. The molecule has 4 nitrogen and oxygen atoms in total. The van der Waals surface area contributed by atoms with Crippen molar-refractivity contribution < 1.29 is 9.90 Å². The molecule has 0 saturated carbocycles. The summed E-state index contributed by atoms with van der Waals surface area (Å²) in [5.41, 5.74) is 5.14. The van der Waals surface area contributed by atoms with Crippen molar-refractivity contribution in [2.75, 3.05) is 13.6 Å². The minimum absolute atomic E-state index is 0.00639. The molecular formula is C7H16N2O2. The third kappa shape index (κ3) is 2.86. The van der Waals surface area contributed by atoms with Gasteiger partial charge in [-0.1, -0.05) is 0 Å². The van der Waals surface area contributed by atoms with Crippen LogP contribution in [0.1, 0.15) is 13.8 Å². The van der Waals surface area contributed by atoms with Gasteiger partial charge in [0.2, 0.25) is 5.91 Å². The zero-order chi connectivity index (χ0) is 9.02. The summed E-state index contributed by atoms with van der Waals surface area (Å²) in [5, 5.41) is 9.10. The fourth-order valence-corrected chi connectivity index (χ4v) is 0.695. The topological polar surface area (TPSA) is 66.6 Å². The van der Waals surface area contributed by atoms with Gasteiger partial charge in [0.05, 0.1) is 18.7 Å². The van der Waals surface area contributed by atoms with Gasteiger partial charge in [-0.15, -0.1) is 0 Å². The van der Waals surface area contributed by atoms with Crippen LogP contribution in [0.15, 0.2) is 0 Å². The standard InChI is InChI=1S/C7H16N2O2/c1-5(6(2)10)9(3)7(11)4-8/h5-6,10H,4,8H2,1-3H3/t5?,6-/m1/s1. The molecule has 66 valence electrons. The number of nitrogens with two attached hydrogens (primary N) is 1. The molecule has 0 aromatic rings. The van der Waals surface area contributed by atoms with Gasteiger partial charge in [0.15, 0.2) is 0 Å². The predicted octanol–water partition coefficient (Wildman–Crippen LogP) is -0.827. The molecule has 1 unspecified atom stereocenters.